The van der Waals surface area contributed by atoms with Crippen molar-refractivity contribution in [2.24, 2.45) is 5.41 Å². The molecule has 1 atom stereocenters. The highest BCUT2D eigenvalue weighted by molar-refractivity contribution is 5.31. The van der Waals surface area contributed by atoms with Crippen LogP contribution in [0.1, 0.15) is 13.3 Å². The molecule has 1 rings (SSSR count). The lowest BCUT2D eigenvalue weighted by atomic mass is 9.87. The van der Waals surface area contributed by atoms with Gasteiger partial charge in [-0.25, -0.2) is 0 Å². The van der Waals surface area contributed by atoms with Gasteiger partial charge in [-0.3, -0.25) is 0 Å². The lowest BCUT2D eigenvalue weighted by molar-refractivity contribution is 0.247. The van der Waals surface area contributed by atoms with E-state index in [4.69, 9.17) is 9.47 Å². The van der Waals surface area contributed by atoms with Crippen LogP contribution in [0.4, 0.5) is 0 Å². The summed E-state index contributed by atoms with van der Waals surface area (Å²) in [5.41, 5.74) is 0.0707. The van der Waals surface area contributed by atoms with Crippen LogP contribution in [-0.4, -0.2) is 27.3 Å². The SMILES string of the molecule is C=CC(C)(CCOc1ccc(OC)cc1)CNC. The third kappa shape index (κ3) is 4.41. The Morgan fingerprint density at radius 3 is 2.39 bits per heavy atom. The fourth-order valence-electron chi connectivity index (χ4n) is 1.74. The van der Waals surface area contributed by atoms with Gasteiger partial charge in [-0.05, 0) is 37.7 Å². The molecule has 1 aromatic rings. The highest BCUT2D eigenvalue weighted by Gasteiger charge is 2.18. The highest BCUT2D eigenvalue weighted by Crippen LogP contribution is 2.23. The summed E-state index contributed by atoms with van der Waals surface area (Å²) in [4.78, 5) is 0. The molecule has 1 N–H and O–H groups in total. The fourth-order valence-corrected chi connectivity index (χ4v) is 1.74. The summed E-state index contributed by atoms with van der Waals surface area (Å²) in [6, 6.07) is 7.63. The Labute approximate surface area is 110 Å². The minimum Gasteiger partial charge on any atom is -0.497 e. The molecule has 18 heavy (non-hydrogen) atoms. The smallest absolute Gasteiger partial charge is 0.119 e. The minimum absolute atomic E-state index is 0.0707. The van der Waals surface area contributed by atoms with Gasteiger partial charge in [0.2, 0.25) is 0 Å². The average molecular weight is 249 g/mol. The van der Waals surface area contributed by atoms with Crippen molar-refractivity contribution in [1.82, 2.24) is 5.32 Å². The lowest BCUT2D eigenvalue weighted by Gasteiger charge is -2.25. The van der Waals surface area contributed by atoms with E-state index < -0.39 is 0 Å². The zero-order chi connectivity index (χ0) is 13.4. The fraction of sp³-hybridized carbons (Fsp3) is 0.467. The van der Waals surface area contributed by atoms with Crippen LogP contribution in [0.2, 0.25) is 0 Å². The maximum atomic E-state index is 5.72. The molecule has 0 aromatic heterocycles. The normalized spacial score (nSPS) is 13.7. The van der Waals surface area contributed by atoms with Gasteiger partial charge in [0.05, 0.1) is 13.7 Å². The number of hydrogen-bond acceptors (Lipinski definition) is 3. The van der Waals surface area contributed by atoms with Crippen molar-refractivity contribution >= 4 is 0 Å². The van der Waals surface area contributed by atoms with Crippen LogP contribution >= 0.6 is 0 Å². The quantitative estimate of drug-likeness (QED) is 0.719. The van der Waals surface area contributed by atoms with Gasteiger partial charge >= 0.3 is 0 Å². The first kappa shape index (κ1) is 14.6. The second-order valence-electron chi connectivity index (χ2n) is 4.66. The van der Waals surface area contributed by atoms with Crippen LogP contribution in [0.3, 0.4) is 0 Å². The summed E-state index contributed by atoms with van der Waals surface area (Å²) >= 11 is 0. The Bertz CT molecular complexity index is 361. The molecule has 3 heteroatoms. The molecule has 0 amide bonds. The number of hydrogen-bond donors (Lipinski definition) is 1. The summed E-state index contributed by atoms with van der Waals surface area (Å²) in [5.74, 6) is 1.71. The van der Waals surface area contributed by atoms with Gasteiger partial charge in [0.1, 0.15) is 11.5 Å². The molecule has 0 fully saturated rings. The van der Waals surface area contributed by atoms with E-state index in [9.17, 15) is 0 Å². The molecular formula is C15H23NO2. The standard InChI is InChI=1S/C15H23NO2/c1-5-15(2,12-16-3)10-11-18-14-8-6-13(17-4)7-9-14/h5-9,16H,1,10-12H2,2-4H3. The topological polar surface area (TPSA) is 30.5 Å². The zero-order valence-electron chi connectivity index (χ0n) is 11.5. The number of nitrogens with one attached hydrogen (secondary N) is 1. The van der Waals surface area contributed by atoms with Crippen LogP contribution in [0, 0.1) is 5.41 Å². The second-order valence-corrected chi connectivity index (χ2v) is 4.66. The predicted octanol–water partition coefficient (Wildman–Crippen LogP) is 2.88. The summed E-state index contributed by atoms with van der Waals surface area (Å²) in [5, 5.41) is 3.18. The van der Waals surface area contributed by atoms with E-state index in [2.05, 4.69) is 18.8 Å². The Kier molecular flexibility index (Phi) is 5.72. The van der Waals surface area contributed by atoms with Gasteiger partial charge in [-0.1, -0.05) is 13.0 Å². The molecule has 0 bridgehead atoms. The van der Waals surface area contributed by atoms with Crippen LogP contribution in [0.15, 0.2) is 36.9 Å². The molecule has 0 heterocycles. The molecule has 0 radical (unpaired) electrons. The molecular weight excluding hydrogens is 226 g/mol. The van der Waals surface area contributed by atoms with Crippen molar-refractivity contribution in [3.05, 3.63) is 36.9 Å². The van der Waals surface area contributed by atoms with Crippen LogP contribution in [-0.2, 0) is 0 Å². The van der Waals surface area contributed by atoms with Crippen LogP contribution < -0.4 is 14.8 Å². The summed E-state index contributed by atoms with van der Waals surface area (Å²) in [6.45, 7) is 7.64. The lowest BCUT2D eigenvalue weighted by Crippen LogP contribution is -2.29. The Morgan fingerprint density at radius 1 is 1.28 bits per heavy atom. The van der Waals surface area contributed by atoms with Gasteiger partial charge in [-0.2, -0.15) is 0 Å². The maximum absolute atomic E-state index is 5.72. The molecule has 0 saturated carbocycles. The van der Waals surface area contributed by atoms with E-state index in [1.54, 1.807) is 7.11 Å². The van der Waals surface area contributed by atoms with E-state index in [1.165, 1.54) is 0 Å². The van der Waals surface area contributed by atoms with Gasteiger partial charge in [0.25, 0.3) is 0 Å². The van der Waals surface area contributed by atoms with Crippen molar-refractivity contribution < 1.29 is 9.47 Å². The van der Waals surface area contributed by atoms with Gasteiger partial charge in [0.15, 0.2) is 0 Å². The molecule has 100 valence electrons. The minimum atomic E-state index is 0.0707. The summed E-state index contributed by atoms with van der Waals surface area (Å²) in [7, 11) is 3.61. The summed E-state index contributed by atoms with van der Waals surface area (Å²) < 4.78 is 10.8. The van der Waals surface area contributed by atoms with Crippen molar-refractivity contribution in [3.8, 4) is 11.5 Å². The molecule has 0 aliphatic heterocycles. The van der Waals surface area contributed by atoms with Gasteiger partial charge < -0.3 is 14.8 Å². The number of rotatable bonds is 8. The van der Waals surface area contributed by atoms with Crippen molar-refractivity contribution in [2.75, 3.05) is 27.3 Å². The molecule has 1 unspecified atom stereocenters. The zero-order valence-corrected chi connectivity index (χ0v) is 11.5. The van der Waals surface area contributed by atoms with E-state index in [0.717, 1.165) is 24.5 Å². The van der Waals surface area contributed by atoms with E-state index in [1.807, 2.05) is 37.4 Å². The Balaban J connectivity index is 2.42. The molecule has 3 nitrogen and oxygen atoms in total. The van der Waals surface area contributed by atoms with E-state index in [-0.39, 0.29) is 5.41 Å². The Hall–Kier alpha value is -1.48. The molecule has 0 aliphatic rings. The number of ether oxygens (including phenoxy) is 2. The second kappa shape index (κ2) is 7.07. The number of benzene rings is 1. The first-order valence-corrected chi connectivity index (χ1v) is 6.18. The largest absolute Gasteiger partial charge is 0.497 e. The highest BCUT2D eigenvalue weighted by atomic mass is 16.5. The van der Waals surface area contributed by atoms with Gasteiger partial charge in [-0.15, -0.1) is 6.58 Å². The van der Waals surface area contributed by atoms with E-state index >= 15 is 0 Å². The molecule has 1 aromatic carbocycles. The average Bonchev–Trinajstić information content (AvgIpc) is 2.40. The van der Waals surface area contributed by atoms with Gasteiger partial charge in [0, 0.05) is 12.0 Å². The molecule has 0 aliphatic carbocycles. The third-order valence-corrected chi connectivity index (χ3v) is 3.07. The van der Waals surface area contributed by atoms with Crippen LogP contribution in [0.25, 0.3) is 0 Å². The first-order chi connectivity index (χ1) is 8.63. The van der Waals surface area contributed by atoms with Crippen LogP contribution in [0.5, 0.6) is 11.5 Å². The first-order valence-electron chi connectivity index (χ1n) is 6.18. The van der Waals surface area contributed by atoms with E-state index in [0.29, 0.717) is 6.61 Å². The summed E-state index contributed by atoms with van der Waals surface area (Å²) in [6.07, 6.45) is 2.92. The monoisotopic (exact) mass is 249 g/mol. The predicted molar refractivity (Wildman–Crippen MR) is 75.3 cm³/mol. The van der Waals surface area contributed by atoms with Crippen molar-refractivity contribution in [2.45, 2.75) is 13.3 Å². The van der Waals surface area contributed by atoms with Crippen molar-refractivity contribution in [1.29, 1.82) is 0 Å². The molecule has 0 saturated heterocycles. The maximum Gasteiger partial charge on any atom is 0.119 e. The third-order valence-electron chi connectivity index (χ3n) is 3.07. The Morgan fingerprint density at radius 2 is 1.89 bits per heavy atom. The number of methoxy groups -OCH3 is 1. The van der Waals surface area contributed by atoms with Crippen molar-refractivity contribution in [3.63, 3.8) is 0 Å². The molecule has 0 spiro atoms.